The van der Waals surface area contributed by atoms with Crippen molar-refractivity contribution in [2.75, 3.05) is 0 Å². The molecule has 0 saturated heterocycles. The highest BCUT2D eigenvalue weighted by molar-refractivity contribution is 5.59. The Morgan fingerprint density at radius 1 is 1.00 bits per heavy atom. The lowest BCUT2D eigenvalue weighted by molar-refractivity contribution is 0.450. The van der Waals surface area contributed by atoms with Gasteiger partial charge in [0.05, 0.1) is 11.8 Å². The van der Waals surface area contributed by atoms with Gasteiger partial charge in [0.1, 0.15) is 11.6 Å². The van der Waals surface area contributed by atoms with Gasteiger partial charge in [-0.1, -0.05) is 12.1 Å². The summed E-state index contributed by atoms with van der Waals surface area (Å²) < 4.78 is 21.2. The van der Waals surface area contributed by atoms with E-state index < -0.39 is 0 Å². The van der Waals surface area contributed by atoms with E-state index in [0.29, 0.717) is 28.7 Å². The van der Waals surface area contributed by atoms with Gasteiger partial charge in [-0.25, -0.2) is 4.39 Å². The molecule has 0 bridgehead atoms. The van der Waals surface area contributed by atoms with Gasteiger partial charge in [-0.15, -0.1) is 15.3 Å². The third-order valence-electron chi connectivity index (χ3n) is 3.46. The fourth-order valence-electron chi connectivity index (χ4n) is 2.27. The van der Waals surface area contributed by atoms with E-state index in [9.17, 15) is 4.39 Å². The first-order chi connectivity index (χ1) is 11.7. The normalized spacial score (nSPS) is 10.9. The fraction of sp³-hybridized carbons (Fsp3) is 0.0588. The number of benzene rings is 1. The molecule has 24 heavy (non-hydrogen) atoms. The van der Waals surface area contributed by atoms with Crippen LogP contribution in [0.5, 0.6) is 11.6 Å². The van der Waals surface area contributed by atoms with E-state index in [4.69, 9.17) is 4.74 Å². The molecule has 0 amide bonds. The molecule has 3 heterocycles. The van der Waals surface area contributed by atoms with Crippen LogP contribution in [0.2, 0.25) is 0 Å². The van der Waals surface area contributed by atoms with Crippen molar-refractivity contribution in [3.63, 3.8) is 0 Å². The minimum atomic E-state index is -0.386. The Morgan fingerprint density at radius 2 is 1.88 bits per heavy atom. The van der Waals surface area contributed by atoms with Gasteiger partial charge in [0.25, 0.3) is 0 Å². The molecule has 0 fully saturated rings. The van der Waals surface area contributed by atoms with E-state index in [2.05, 4.69) is 20.3 Å². The predicted octanol–water partition coefficient (Wildman–Crippen LogP) is 3.43. The lowest BCUT2D eigenvalue weighted by Crippen LogP contribution is -1.99. The summed E-state index contributed by atoms with van der Waals surface area (Å²) in [7, 11) is 0. The molecule has 0 N–H and O–H groups in total. The maximum Gasteiger partial charge on any atom is 0.237 e. The molecule has 4 aromatic rings. The smallest absolute Gasteiger partial charge is 0.237 e. The van der Waals surface area contributed by atoms with Crippen LogP contribution in [0, 0.1) is 12.7 Å². The average molecular weight is 321 g/mol. The first kappa shape index (κ1) is 14.3. The lowest BCUT2D eigenvalue weighted by atomic mass is 10.2. The van der Waals surface area contributed by atoms with Crippen LogP contribution in [0.25, 0.3) is 17.0 Å². The summed E-state index contributed by atoms with van der Waals surface area (Å²) in [6.07, 6.45) is 1.62. The molecule has 0 radical (unpaired) electrons. The van der Waals surface area contributed by atoms with E-state index in [0.717, 1.165) is 5.69 Å². The van der Waals surface area contributed by atoms with Gasteiger partial charge in [0.15, 0.2) is 11.5 Å². The molecule has 0 spiro atoms. The second kappa shape index (κ2) is 5.69. The summed E-state index contributed by atoms with van der Waals surface area (Å²) >= 11 is 0. The number of fused-ring (bicyclic) bond motifs is 1. The van der Waals surface area contributed by atoms with Crippen LogP contribution in [0.4, 0.5) is 4.39 Å². The van der Waals surface area contributed by atoms with Crippen LogP contribution in [0.3, 0.4) is 0 Å². The summed E-state index contributed by atoms with van der Waals surface area (Å²) in [5, 5.41) is 12.4. The largest absolute Gasteiger partial charge is 0.436 e. The number of aryl methyl sites for hydroxylation is 1. The Bertz CT molecular complexity index is 1010. The summed E-state index contributed by atoms with van der Waals surface area (Å²) in [5.41, 5.74) is 1.72. The van der Waals surface area contributed by atoms with Crippen molar-refractivity contribution in [1.29, 1.82) is 0 Å². The van der Waals surface area contributed by atoms with Gasteiger partial charge >= 0.3 is 0 Å². The number of hydrogen-bond acceptors (Lipinski definition) is 5. The zero-order valence-corrected chi connectivity index (χ0v) is 12.7. The van der Waals surface area contributed by atoms with E-state index >= 15 is 0 Å². The molecule has 6 nitrogen and oxygen atoms in total. The predicted molar refractivity (Wildman–Crippen MR) is 85.2 cm³/mol. The van der Waals surface area contributed by atoms with E-state index in [1.807, 2.05) is 13.0 Å². The highest BCUT2D eigenvalue weighted by atomic mass is 19.1. The van der Waals surface area contributed by atoms with Crippen LogP contribution in [0.15, 0.2) is 54.7 Å². The van der Waals surface area contributed by atoms with Crippen LogP contribution in [0.1, 0.15) is 5.69 Å². The van der Waals surface area contributed by atoms with Crippen molar-refractivity contribution < 1.29 is 9.13 Å². The molecule has 1 aromatic carbocycles. The van der Waals surface area contributed by atoms with Gasteiger partial charge in [-0.2, -0.15) is 4.52 Å². The Labute approximate surface area is 136 Å². The van der Waals surface area contributed by atoms with Crippen LogP contribution in [-0.2, 0) is 0 Å². The molecule has 0 aliphatic carbocycles. The molecule has 118 valence electrons. The maximum atomic E-state index is 14.0. The third kappa shape index (κ3) is 2.56. The Hall–Kier alpha value is -3.35. The topological polar surface area (TPSA) is 65.2 Å². The van der Waals surface area contributed by atoms with Crippen LogP contribution in [-0.4, -0.2) is 24.8 Å². The monoisotopic (exact) mass is 321 g/mol. The van der Waals surface area contributed by atoms with Crippen molar-refractivity contribution in [3.05, 3.63) is 66.2 Å². The number of nitrogens with zero attached hydrogens (tertiary/aromatic N) is 5. The van der Waals surface area contributed by atoms with E-state index in [1.54, 1.807) is 42.6 Å². The number of halogens is 1. The molecule has 7 heteroatoms. The molecule has 3 aromatic heterocycles. The number of aromatic nitrogens is 5. The molecule has 0 aliphatic rings. The molecule has 0 saturated carbocycles. The van der Waals surface area contributed by atoms with Crippen molar-refractivity contribution >= 4 is 5.65 Å². The van der Waals surface area contributed by atoms with Gasteiger partial charge in [-0.3, -0.25) is 4.98 Å². The van der Waals surface area contributed by atoms with E-state index in [1.165, 1.54) is 10.6 Å². The quantitative estimate of drug-likeness (QED) is 0.578. The fourth-order valence-corrected chi connectivity index (χ4v) is 2.27. The standard InChI is InChI=1S/C17H12FN5O/c1-11-6-7-12(10-19-11)24-16-9-8-15-20-21-17(23(15)22-16)13-4-2-3-5-14(13)18/h2-10H,1H3. The highest BCUT2D eigenvalue weighted by Crippen LogP contribution is 2.23. The summed E-state index contributed by atoms with van der Waals surface area (Å²) in [5.74, 6) is 0.830. The van der Waals surface area contributed by atoms with Crippen LogP contribution < -0.4 is 4.74 Å². The Balaban J connectivity index is 1.76. The first-order valence-corrected chi connectivity index (χ1v) is 7.28. The Morgan fingerprint density at radius 3 is 2.67 bits per heavy atom. The molecule has 0 atom stereocenters. The molecular weight excluding hydrogens is 309 g/mol. The maximum absolute atomic E-state index is 14.0. The Kier molecular flexibility index (Phi) is 3.38. The SMILES string of the molecule is Cc1ccc(Oc2ccc3nnc(-c4ccccc4F)n3n2)cn1. The van der Waals surface area contributed by atoms with Gasteiger partial charge < -0.3 is 4.74 Å². The summed E-state index contributed by atoms with van der Waals surface area (Å²) in [6, 6.07) is 13.4. The van der Waals surface area contributed by atoms with Gasteiger partial charge in [0, 0.05) is 11.8 Å². The molecule has 4 rings (SSSR count). The van der Waals surface area contributed by atoms with Crippen molar-refractivity contribution in [2.45, 2.75) is 6.92 Å². The van der Waals surface area contributed by atoms with Crippen LogP contribution >= 0.6 is 0 Å². The minimum Gasteiger partial charge on any atom is -0.436 e. The number of pyridine rings is 1. The van der Waals surface area contributed by atoms with Crippen molar-refractivity contribution in [1.82, 2.24) is 24.8 Å². The molecular formula is C17H12FN5O. The summed E-state index contributed by atoms with van der Waals surface area (Å²) in [4.78, 5) is 4.17. The third-order valence-corrected chi connectivity index (χ3v) is 3.46. The molecule has 0 aliphatic heterocycles. The second-order valence-corrected chi connectivity index (χ2v) is 5.18. The van der Waals surface area contributed by atoms with E-state index in [-0.39, 0.29) is 5.82 Å². The lowest BCUT2D eigenvalue weighted by Gasteiger charge is -2.05. The van der Waals surface area contributed by atoms with Gasteiger partial charge in [-0.05, 0) is 37.3 Å². The average Bonchev–Trinajstić information content (AvgIpc) is 3.00. The number of rotatable bonds is 3. The second-order valence-electron chi connectivity index (χ2n) is 5.18. The zero-order valence-electron chi connectivity index (χ0n) is 12.7. The minimum absolute atomic E-state index is 0.315. The summed E-state index contributed by atoms with van der Waals surface area (Å²) in [6.45, 7) is 1.89. The van der Waals surface area contributed by atoms with Crippen molar-refractivity contribution in [2.24, 2.45) is 0 Å². The van der Waals surface area contributed by atoms with Gasteiger partial charge in [0.2, 0.25) is 5.88 Å². The highest BCUT2D eigenvalue weighted by Gasteiger charge is 2.14. The number of ether oxygens (including phenoxy) is 1. The molecule has 0 unspecified atom stereocenters. The van der Waals surface area contributed by atoms with Crippen molar-refractivity contribution in [3.8, 4) is 23.0 Å². The first-order valence-electron chi connectivity index (χ1n) is 7.28. The zero-order chi connectivity index (χ0) is 16.5. The number of hydrogen-bond donors (Lipinski definition) is 0.